The topological polar surface area (TPSA) is 86.1 Å². The highest BCUT2D eigenvalue weighted by atomic mass is 32.2. The van der Waals surface area contributed by atoms with Gasteiger partial charge in [0.1, 0.15) is 22.3 Å². The Hall–Kier alpha value is -1.93. The molecule has 1 atom stereocenters. The van der Waals surface area contributed by atoms with E-state index in [1.807, 2.05) is 4.57 Å². The van der Waals surface area contributed by atoms with Crippen molar-refractivity contribution in [1.29, 1.82) is 0 Å². The average molecular weight is 350 g/mol. The Balaban J connectivity index is 1.83. The number of para-hydroxylation sites is 1. The molecule has 0 radical (unpaired) electrons. The van der Waals surface area contributed by atoms with E-state index in [4.69, 9.17) is 4.74 Å². The Bertz CT molecular complexity index is 830. The van der Waals surface area contributed by atoms with E-state index in [1.54, 1.807) is 24.3 Å². The summed E-state index contributed by atoms with van der Waals surface area (Å²) in [6, 6.07) is 6.43. The van der Waals surface area contributed by atoms with Gasteiger partial charge >= 0.3 is 0 Å². The van der Waals surface area contributed by atoms with Crippen LogP contribution >= 0.6 is 0 Å². The summed E-state index contributed by atoms with van der Waals surface area (Å²) in [6.07, 6.45) is 1.41. The van der Waals surface area contributed by atoms with Crippen LogP contribution in [0, 0.1) is 0 Å². The van der Waals surface area contributed by atoms with Crippen molar-refractivity contribution in [2.24, 2.45) is 0 Å². The van der Waals surface area contributed by atoms with Crippen molar-refractivity contribution in [3.8, 4) is 5.75 Å². The number of nitrogens with one attached hydrogen (secondary N) is 1. The second-order valence-corrected chi connectivity index (χ2v) is 7.93. The number of fused-ring (bicyclic) bond motifs is 1. The lowest BCUT2D eigenvalue weighted by Gasteiger charge is -2.26. The van der Waals surface area contributed by atoms with Gasteiger partial charge in [0.2, 0.25) is 10.0 Å². The maximum absolute atomic E-state index is 12.7. The highest BCUT2D eigenvalue weighted by Gasteiger charge is 2.28. The molecule has 2 heterocycles. The predicted octanol–water partition coefficient (Wildman–Crippen LogP) is 1.70. The molecule has 2 aromatic rings. The molecule has 1 aliphatic heterocycles. The lowest BCUT2D eigenvalue weighted by atomic mass is 10.1. The van der Waals surface area contributed by atoms with Crippen LogP contribution in [0.25, 0.3) is 0 Å². The Morgan fingerprint density at radius 3 is 2.75 bits per heavy atom. The number of nitrogens with zero attached hydrogens (tertiary/aromatic N) is 3. The summed E-state index contributed by atoms with van der Waals surface area (Å²) < 4.78 is 35.4. The third kappa shape index (κ3) is 3.16. The molecule has 0 bridgehead atoms. The number of benzene rings is 1. The molecule has 3 rings (SSSR count). The third-order valence-corrected chi connectivity index (χ3v) is 5.73. The number of ether oxygens (including phenoxy) is 1. The highest BCUT2D eigenvalue weighted by Crippen LogP contribution is 2.25. The molecule has 0 saturated carbocycles. The lowest BCUT2D eigenvalue weighted by molar-refractivity contribution is 0.396. The fourth-order valence-corrected chi connectivity index (χ4v) is 4.43. The third-order valence-electron chi connectivity index (χ3n) is 4.17. The number of hydrogen-bond donors (Lipinski definition) is 1. The van der Waals surface area contributed by atoms with Crippen LogP contribution in [0.2, 0.25) is 0 Å². The number of hydrogen-bond acceptors (Lipinski definition) is 5. The van der Waals surface area contributed by atoms with Gasteiger partial charge in [0.05, 0.1) is 7.11 Å². The highest BCUT2D eigenvalue weighted by molar-refractivity contribution is 7.89. The van der Waals surface area contributed by atoms with Gasteiger partial charge in [-0.3, -0.25) is 0 Å². The van der Waals surface area contributed by atoms with E-state index >= 15 is 0 Å². The first-order valence-corrected chi connectivity index (χ1v) is 9.48. The molecule has 0 aliphatic carbocycles. The molecule has 0 spiro atoms. The summed E-state index contributed by atoms with van der Waals surface area (Å²) >= 11 is 0. The predicted molar refractivity (Wildman–Crippen MR) is 89.5 cm³/mol. The molecule has 8 heteroatoms. The van der Waals surface area contributed by atoms with Gasteiger partial charge in [-0.25, -0.2) is 13.1 Å². The molecular weight excluding hydrogens is 328 g/mol. The first kappa shape index (κ1) is 16.9. The van der Waals surface area contributed by atoms with Crippen LogP contribution in [0.5, 0.6) is 5.75 Å². The molecule has 0 fully saturated rings. The Morgan fingerprint density at radius 1 is 1.29 bits per heavy atom. The van der Waals surface area contributed by atoms with E-state index in [-0.39, 0.29) is 16.9 Å². The second-order valence-electron chi connectivity index (χ2n) is 6.25. The Kier molecular flexibility index (Phi) is 4.60. The van der Waals surface area contributed by atoms with E-state index in [0.29, 0.717) is 25.1 Å². The summed E-state index contributed by atoms with van der Waals surface area (Å²) in [6.45, 7) is 4.66. The fraction of sp³-hybridized carbons (Fsp3) is 0.500. The van der Waals surface area contributed by atoms with Crippen LogP contribution in [0.15, 0.2) is 29.2 Å². The molecule has 0 saturated heterocycles. The SMILES string of the molecule is COc1ccccc1S(=O)(=O)N[C@@H]1CCc2nnc(C(C)C)n2C1. The summed E-state index contributed by atoms with van der Waals surface area (Å²) in [5, 5.41) is 8.44. The van der Waals surface area contributed by atoms with Crippen molar-refractivity contribution in [1.82, 2.24) is 19.5 Å². The van der Waals surface area contributed by atoms with Crippen LogP contribution < -0.4 is 9.46 Å². The molecule has 0 unspecified atom stereocenters. The first-order valence-electron chi connectivity index (χ1n) is 7.99. The fourth-order valence-electron chi connectivity index (χ4n) is 3.00. The van der Waals surface area contributed by atoms with Gasteiger partial charge in [-0.15, -0.1) is 10.2 Å². The maximum Gasteiger partial charge on any atom is 0.244 e. The van der Waals surface area contributed by atoms with E-state index in [2.05, 4.69) is 28.8 Å². The Morgan fingerprint density at radius 2 is 2.04 bits per heavy atom. The van der Waals surface area contributed by atoms with E-state index in [0.717, 1.165) is 11.6 Å². The summed E-state index contributed by atoms with van der Waals surface area (Å²) in [5.74, 6) is 2.40. The van der Waals surface area contributed by atoms with Crippen molar-refractivity contribution in [2.75, 3.05) is 7.11 Å². The minimum Gasteiger partial charge on any atom is -0.495 e. The van der Waals surface area contributed by atoms with Gasteiger partial charge < -0.3 is 9.30 Å². The van der Waals surface area contributed by atoms with Gasteiger partial charge in [-0.2, -0.15) is 0 Å². The zero-order valence-corrected chi connectivity index (χ0v) is 14.9. The van der Waals surface area contributed by atoms with Crippen LogP contribution in [-0.4, -0.2) is 36.3 Å². The number of rotatable bonds is 5. The lowest BCUT2D eigenvalue weighted by Crippen LogP contribution is -2.41. The van der Waals surface area contributed by atoms with Gasteiger partial charge in [-0.1, -0.05) is 26.0 Å². The molecular formula is C16H22N4O3S. The van der Waals surface area contributed by atoms with Crippen molar-refractivity contribution >= 4 is 10.0 Å². The smallest absolute Gasteiger partial charge is 0.244 e. The average Bonchev–Trinajstić information content (AvgIpc) is 2.97. The van der Waals surface area contributed by atoms with Crippen LogP contribution in [0.1, 0.15) is 37.8 Å². The van der Waals surface area contributed by atoms with Crippen LogP contribution in [0.3, 0.4) is 0 Å². The van der Waals surface area contributed by atoms with Gasteiger partial charge in [-0.05, 0) is 18.6 Å². The van der Waals surface area contributed by atoms with Crippen molar-refractivity contribution in [2.45, 2.75) is 50.1 Å². The molecule has 0 amide bonds. The molecule has 1 aromatic heterocycles. The largest absolute Gasteiger partial charge is 0.495 e. The van der Waals surface area contributed by atoms with Crippen molar-refractivity contribution < 1.29 is 13.2 Å². The quantitative estimate of drug-likeness (QED) is 0.887. The van der Waals surface area contributed by atoms with Gasteiger partial charge in [0.15, 0.2) is 0 Å². The number of sulfonamides is 1. The van der Waals surface area contributed by atoms with Gasteiger partial charge in [0.25, 0.3) is 0 Å². The van der Waals surface area contributed by atoms with Crippen molar-refractivity contribution in [3.05, 3.63) is 35.9 Å². The molecule has 7 nitrogen and oxygen atoms in total. The second kappa shape index (κ2) is 6.52. The number of aryl methyl sites for hydroxylation is 1. The summed E-state index contributed by atoms with van der Waals surface area (Å²) in [7, 11) is -2.18. The number of methoxy groups -OCH3 is 1. The minimum absolute atomic E-state index is 0.158. The van der Waals surface area contributed by atoms with E-state index in [1.165, 1.54) is 7.11 Å². The maximum atomic E-state index is 12.7. The molecule has 24 heavy (non-hydrogen) atoms. The van der Waals surface area contributed by atoms with E-state index in [9.17, 15) is 8.42 Å². The zero-order valence-electron chi connectivity index (χ0n) is 14.1. The number of aromatic nitrogens is 3. The normalized spacial score (nSPS) is 17.8. The van der Waals surface area contributed by atoms with Crippen LogP contribution in [-0.2, 0) is 23.0 Å². The first-order chi connectivity index (χ1) is 11.4. The summed E-state index contributed by atoms with van der Waals surface area (Å²) in [5.41, 5.74) is 0. The van der Waals surface area contributed by atoms with Crippen LogP contribution in [0.4, 0.5) is 0 Å². The standard InChI is InChI=1S/C16H22N4O3S/c1-11(2)16-18-17-15-9-8-12(10-20(15)16)19-24(21,22)14-7-5-4-6-13(14)23-3/h4-7,11-12,19H,8-10H2,1-3H3/t12-/m1/s1. The molecule has 1 aromatic carbocycles. The minimum atomic E-state index is -3.65. The molecule has 130 valence electrons. The molecule has 1 N–H and O–H groups in total. The van der Waals surface area contributed by atoms with Gasteiger partial charge in [0, 0.05) is 24.9 Å². The Labute approximate surface area is 142 Å². The zero-order chi connectivity index (χ0) is 17.3. The monoisotopic (exact) mass is 350 g/mol. The molecule has 1 aliphatic rings. The van der Waals surface area contributed by atoms with Crippen molar-refractivity contribution in [3.63, 3.8) is 0 Å². The summed E-state index contributed by atoms with van der Waals surface area (Å²) in [4.78, 5) is 0.158. The van der Waals surface area contributed by atoms with E-state index < -0.39 is 10.0 Å².